The molecule has 1 saturated carbocycles. The van der Waals surface area contributed by atoms with Gasteiger partial charge in [-0.15, -0.1) is 0 Å². The highest BCUT2D eigenvalue weighted by Crippen LogP contribution is 2.54. The molecule has 1 heterocycles. The van der Waals surface area contributed by atoms with Crippen LogP contribution in [-0.2, 0) is 4.79 Å². The molecule has 1 aliphatic carbocycles. The number of carbonyl (C=O) groups is 1. The molecule has 2 aromatic carbocycles. The van der Waals surface area contributed by atoms with Crippen molar-refractivity contribution in [3.05, 3.63) is 71.8 Å². The van der Waals surface area contributed by atoms with Gasteiger partial charge in [0.05, 0.1) is 6.54 Å². The fourth-order valence-electron chi connectivity index (χ4n) is 4.05. The zero-order chi connectivity index (χ0) is 16.4. The summed E-state index contributed by atoms with van der Waals surface area (Å²) < 4.78 is 0. The number of carbonyl (C=O) groups excluding carboxylic acids is 1. The van der Waals surface area contributed by atoms with Crippen molar-refractivity contribution in [3.63, 3.8) is 0 Å². The van der Waals surface area contributed by atoms with Gasteiger partial charge in [0.25, 0.3) is 0 Å². The van der Waals surface area contributed by atoms with E-state index in [4.69, 9.17) is 0 Å². The third-order valence-electron chi connectivity index (χ3n) is 5.28. The number of hydrogen-bond acceptors (Lipinski definition) is 2. The van der Waals surface area contributed by atoms with Crippen LogP contribution in [0.2, 0.25) is 0 Å². The van der Waals surface area contributed by atoms with E-state index < -0.39 is 0 Å². The first kappa shape index (κ1) is 15.4. The van der Waals surface area contributed by atoms with Gasteiger partial charge in [0.2, 0.25) is 5.91 Å². The van der Waals surface area contributed by atoms with Crippen LogP contribution in [0.5, 0.6) is 0 Å². The Kier molecular flexibility index (Phi) is 4.35. The van der Waals surface area contributed by atoms with Crippen molar-refractivity contribution in [1.82, 2.24) is 10.2 Å². The molecule has 3 nitrogen and oxygen atoms in total. The van der Waals surface area contributed by atoms with Crippen LogP contribution in [0.1, 0.15) is 35.8 Å². The molecule has 1 N–H and O–H groups in total. The second-order valence-electron chi connectivity index (χ2n) is 6.95. The first-order valence-electron chi connectivity index (χ1n) is 8.94. The van der Waals surface area contributed by atoms with Crippen molar-refractivity contribution in [2.75, 3.05) is 19.6 Å². The van der Waals surface area contributed by atoms with E-state index in [1.165, 1.54) is 24.0 Å². The number of nitrogens with one attached hydrogen (secondary N) is 1. The maximum atomic E-state index is 12.5. The zero-order valence-corrected chi connectivity index (χ0v) is 13.9. The molecule has 0 unspecified atom stereocenters. The molecule has 2 aromatic rings. The summed E-state index contributed by atoms with van der Waals surface area (Å²) in [4.78, 5) is 14.7. The van der Waals surface area contributed by atoms with Crippen LogP contribution in [0, 0.1) is 0 Å². The summed E-state index contributed by atoms with van der Waals surface area (Å²) >= 11 is 0. The summed E-state index contributed by atoms with van der Waals surface area (Å²) in [5, 5.41) is 3.30. The second-order valence-corrected chi connectivity index (χ2v) is 6.95. The first-order chi connectivity index (χ1) is 11.8. The van der Waals surface area contributed by atoms with Gasteiger partial charge < -0.3 is 5.32 Å². The second kappa shape index (κ2) is 6.78. The molecular formula is C21H24N2O. The predicted octanol–water partition coefficient (Wildman–Crippen LogP) is 3.15. The average Bonchev–Trinajstić information content (AvgIpc) is 3.08. The molecule has 0 aromatic heterocycles. The Hall–Kier alpha value is -2.13. The minimum atomic E-state index is 0.168. The van der Waals surface area contributed by atoms with E-state index in [9.17, 15) is 4.79 Å². The molecule has 124 valence electrons. The summed E-state index contributed by atoms with van der Waals surface area (Å²) in [7, 11) is 0. The van der Waals surface area contributed by atoms with Gasteiger partial charge in [-0.3, -0.25) is 9.69 Å². The molecule has 0 bridgehead atoms. The van der Waals surface area contributed by atoms with Crippen molar-refractivity contribution in [1.29, 1.82) is 0 Å². The van der Waals surface area contributed by atoms with Gasteiger partial charge in [-0.05, 0) is 37.1 Å². The van der Waals surface area contributed by atoms with Gasteiger partial charge in [-0.1, -0.05) is 60.7 Å². The number of benzene rings is 2. The molecule has 1 aliphatic heterocycles. The van der Waals surface area contributed by atoms with Crippen LogP contribution in [0.25, 0.3) is 0 Å². The Morgan fingerprint density at radius 2 is 1.38 bits per heavy atom. The monoisotopic (exact) mass is 320 g/mol. The van der Waals surface area contributed by atoms with E-state index in [0.29, 0.717) is 18.4 Å². The van der Waals surface area contributed by atoms with Crippen LogP contribution in [0.3, 0.4) is 0 Å². The number of likely N-dealkylation sites (tertiary alicyclic amines) is 1. The molecule has 3 heteroatoms. The van der Waals surface area contributed by atoms with E-state index in [0.717, 1.165) is 13.1 Å². The van der Waals surface area contributed by atoms with Crippen LogP contribution in [-0.4, -0.2) is 36.5 Å². The van der Waals surface area contributed by atoms with E-state index in [1.807, 2.05) is 12.1 Å². The molecule has 2 fully saturated rings. The fourth-order valence-corrected chi connectivity index (χ4v) is 4.05. The van der Waals surface area contributed by atoms with E-state index in [2.05, 4.69) is 58.7 Å². The van der Waals surface area contributed by atoms with Crippen molar-refractivity contribution in [2.24, 2.45) is 0 Å². The van der Waals surface area contributed by atoms with Crippen molar-refractivity contribution in [3.8, 4) is 0 Å². The van der Waals surface area contributed by atoms with E-state index in [-0.39, 0.29) is 11.9 Å². The lowest BCUT2D eigenvalue weighted by molar-refractivity contribution is -0.122. The van der Waals surface area contributed by atoms with E-state index >= 15 is 0 Å². The molecular weight excluding hydrogens is 296 g/mol. The smallest absolute Gasteiger partial charge is 0.234 e. The molecule has 4 rings (SSSR count). The summed E-state index contributed by atoms with van der Waals surface area (Å²) in [5.41, 5.74) is 2.63. The van der Waals surface area contributed by atoms with Gasteiger partial charge in [-0.2, -0.15) is 0 Å². The molecule has 24 heavy (non-hydrogen) atoms. The number of nitrogens with zero attached hydrogens (tertiary/aromatic N) is 1. The Balaban J connectivity index is 1.48. The van der Waals surface area contributed by atoms with Gasteiger partial charge >= 0.3 is 0 Å². The van der Waals surface area contributed by atoms with E-state index in [1.54, 1.807) is 0 Å². The van der Waals surface area contributed by atoms with Crippen LogP contribution < -0.4 is 5.32 Å². The Bertz CT molecular complexity index is 634. The minimum Gasteiger partial charge on any atom is -0.351 e. The highest BCUT2D eigenvalue weighted by Gasteiger charge is 2.52. The van der Waals surface area contributed by atoms with Crippen molar-refractivity contribution in [2.45, 2.75) is 30.7 Å². The van der Waals surface area contributed by atoms with Gasteiger partial charge in [0, 0.05) is 17.9 Å². The summed E-state index contributed by atoms with van der Waals surface area (Å²) in [6.07, 6.45) is 2.44. The first-order valence-corrected chi connectivity index (χ1v) is 8.94. The van der Waals surface area contributed by atoms with Crippen LogP contribution >= 0.6 is 0 Å². The minimum absolute atomic E-state index is 0.168. The Morgan fingerprint density at radius 3 is 1.88 bits per heavy atom. The number of hydrogen-bond donors (Lipinski definition) is 1. The molecule has 3 atom stereocenters. The summed E-state index contributed by atoms with van der Waals surface area (Å²) in [6, 6.07) is 21.3. The Labute approximate surface area is 143 Å². The topological polar surface area (TPSA) is 32.3 Å². The Morgan fingerprint density at radius 1 is 0.875 bits per heavy atom. The number of amides is 1. The highest BCUT2D eigenvalue weighted by molar-refractivity contribution is 5.79. The third-order valence-corrected chi connectivity index (χ3v) is 5.28. The highest BCUT2D eigenvalue weighted by atomic mass is 16.2. The van der Waals surface area contributed by atoms with Crippen LogP contribution in [0.15, 0.2) is 60.7 Å². The van der Waals surface area contributed by atoms with Crippen molar-refractivity contribution < 1.29 is 4.79 Å². The number of rotatable bonds is 5. The fraction of sp³-hybridized carbons (Fsp3) is 0.381. The lowest BCUT2D eigenvalue weighted by Crippen LogP contribution is -2.37. The van der Waals surface area contributed by atoms with Crippen LogP contribution in [0.4, 0.5) is 0 Å². The standard InChI is InChI=1S/C21H24N2O/c24-18(15-23-13-7-8-14-23)22-21-19(16-9-3-1-4-10-16)20(21)17-11-5-2-6-12-17/h1-6,9-12,19-21H,7-8,13-15H2,(H,22,24)/t19-,20+,21+. The summed E-state index contributed by atoms with van der Waals surface area (Å²) in [6.45, 7) is 2.66. The largest absolute Gasteiger partial charge is 0.351 e. The predicted molar refractivity (Wildman–Crippen MR) is 96.0 cm³/mol. The van der Waals surface area contributed by atoms with Gasteiger partial charge in [-0.25, -0.2) is 0 Å². The summed E-state index contributed by atoms with van der Waals surface area (Å²) in [5.74, 6) is 0.938. The third kappa shape index (κ3) is 3.22. The SMILES string of the molecule is O=C(CN1CCCC1)N[C@@H]1[C@@H](c2ccccc2)[C@H]1c1ccccc1. The zero-order valence-electron chi connectivity index (χ0n) is 13.9. The lowest BCUT2D eigenvalue weighted by Gasteiger charge is -2.14. The molecule has 0 radical (unpaired) electrons. The maximum absolute atomic E-state index is 12.5. The van der Waals surface area contributed by atoms with Crippen molar-refractivity contribution >= 4 is 5.91 Å². The average molecular weight is 320 g/mol. The molecule has 2 aliphatic rings. The molecule has 1 amide bonds. The van der Waals surface area contributed by atoms with Gasteiger partial charge in [0.1, 0.15) is 0 Å². The molecule has 0 spiro atoms. The lowest BCUT2D eigenvalue weighted by atomic mass is 10.0. The maximum Gasteiger partial charge on any atom is 0.234 e. The quantitative estimate of drug-likeness (QED) is 0.918. The van der Waals surface area contributed by atoms with Gasteiger partial charge in [0.15, 0.2) is 0 Å². The molecule has 1 saturated heterocycles. The normalized spacial score (nSPS) is 26.2.